The van der Waals surface area contributed by atoms with Crippen molar-refractivity contribution in [2.75, 3.05) is 6.54 Å². The zero-order valence-corrected chi connectivity index (χ0v) is 14.6. The second-order valence-corrected chi connectivity index (χ2v) is 6.21. The minimum absolute atomic E-state index is 0.101. The number of benzene rings is 1. The van der Waals surface area contributed by atoms with E-state index in [9.17, 15) is 9.59 Å². The number of ketones is 1. The van der Waals surface area contributed by atoms with Crippen molar-refractivity contribution in [1.29, 1.82) is 0 Å². The van der Waals surface area contributed by atoms with E-state index in [2.05, 4.69) is 11.4 Å². The van der Waals surface area contributed by atoms with Gasteiger partial charge in [-0.05, 0) is 63.3 Å². The van der Waals surface area contributed by atoms with Gasteiger partial charge in [-0.3, -0.25) is 9.59 Å². The van der Waals surface area contributed by atoms with Gasteiger partial charge in [-0.2, -0.15) is 0 Å². The van der Waals surface area contributed by atoms with E-state index in [1.54, 1.807) is 31.2 Å². The van der Waals surface area contributed by atoms with E-state index in [-0.39, 0.29) is 11.7 Å². The number of Topliss-reactive ketones (excluding diaryl/α,β-unsaturated/α-hetero) is 1. The number of ether oxygens (including phenoxy) is 1. The molecule has 1 aromatic carbocycles. The summed E-state index contributed by atoms with van der Waals surface area (Å²) in [6.45, 7) is 4.23. The number of carbonyl (C=O) groups excluding carboxylic acids is 2. The summed E-state index contributed by atoms with van der Waals surface area (Å²) in [4.78, 5) is 23.7. The predicted molar refractivity (Wildman–Crippen MR) is 95.3 cm³/mol. The Morgan fingerprint density at radius 2 is 1.96 bits per heavy atom. The molecule has 0 spiro atoms. The maximum Gasteiger partial charge on any atom is 0.260 e. The molecule has 1 atom stereocenters. The van der Waals surface area contributed by atoms with Gasteiger partial charge >= 0.3 is 0 Å². The molecule has 0 unspecified atom stereocenters. The van der Waals surface area contributed by atoms with Gasteiger partial charge in [0.2, 0.25) is 0 Å². The first kappa shape index (κ1) is 18.2. The topological polar surface area (TPSA) is 55.4 Å². The van der Waals surface area contributed by atoms with Gasteiger partial charge in [0, 0.05) is 18.5 Å². The summed E-state index contributed by atoms with van der Waals surface area (Å²) in [6, 6.07) is 6.95. The molecule has 0 radical (unpaired) electrons. The first-order valence-electron chi connectivity index (χ1n) is 8.85. The lowest BCUT2D eigenvalue weighted by atomic mass is 9.97. The van der Waals surface area contributed by atoms with Crippen LogP contribution in [0.3, 0.4) is 0 Å². The van der Waals surface area contributed by atoms with E-state index in [4.69, 9.17) is 4.74 Å². The van der Waals surface area contributed by atoms with Crippen molar-refractivity contribution >= 4 is 11.7 Å². The zero-order chi connectivity index (χ0) is 17.4. The average Bonchev–Trinajstić information content (AvgIpc) is 2.62. The molecule has 0 aliphatic heterocycles. The molecule has 0 saturated heterocycles. The molecule has 130 valence electrons. The van der Waals surface area contributed by atoms with Crippen molar-refractivity contribution in [2.45, 2.75) is 58.5 Å². The predicted octanol–water partition coefficient (Wildman–Crippen LogP) is 4.05. The Hall–Kier alpha value is -2.10. The molecule has 0 saturated carbocycles. The van der Waals surface area contributed by atoms with Gasteiger partial charge in [-0.1, -0.05) is 18.6 Å². The van der Waals surface area contributed by atoms with E-state index in [1.165, 1.54) is 24.8 Å². The first-order valence-corrected chi connectivity index (χ1v) is 8.85. The molecule has 0 heterocycles. The third-order valence-electron chi connectivity index (χ3n) is 4.31. The number of allylic oxidation sites excluding steroid dienone is 1. The summed E-state index contributed by atoms with van der Waals surface area (Å²) in [5.41, 5.74) is 2.12. The minimum atomic E-state index is -0.557. The molecular weight excluding hydrogens is 302 g/mol. The average molecular weight is 329 g/mol. The highest BCUT2D eigenvalue weighted by Crippen LogP contribution is 2.19. The Labute approximate surface area is 144 Å². The highest BCUT2D eigenvalue weighted by Gasteiger charge is 2.15. The van der Waals surface area contributed by atoms with Crippen LogP contribution in [0.25, 0.3) is 0 Å². The molecule has 0 fully saturated rings. The van der Waals surface area contributed by atoms with Gasteiger partial charge in [0.05, 0.1) is 0 Å². The number of nitrogens with one attached hydrogen (secondary N) is 1. The monoisotopic (exact) mass is 329 g/mol. The van der Waals surface area contributed by atoms with E-state index >= 15 is 0 Å². The standard InChI is InChI=1S/C20H27NO3/c1-3-19(22)17-9-11-18(12-10-17)24-15(2)20(23)21-14-13-16-7-5-4-6-8-16/h7,9-12,15H,3-6,8,13-14H2,1-2H3,(H,21,23)/t15-/m1/s1. The van der Waals surface area contributed by atoms with Gasteiger partial charge in [-0.15, -0.1) is 0 Å². The van der Waals surface area contributed by atoms with Gasteiger partial charge in [-0.25, -0.2) is 0 Å². The van der Waals surface area contributed by atoms with Crippen LogP contribution >= 0.6 is 0 Å². The molecule has 4 nitrogen and oxygen atoms in total. The molecule has 1 aromatic rings. The van der Waals surface area contributed by atoms with Crippen molar-refractivity contribution in [3.63, 3.8) is 0 Å². The molecule has 1 aliphatic carbocycles. The minimum Gasteiger partial charge on any atom is -0.481 e. The normalized spacial score (nSPS) is 15.3. The lowest BCUT2D eigenvalue weighted by Gasteiger charge is -2.16. The summed E-state index contributed by atoms with van der Waals surface area (Å²) in [6.07, 6.45) is 8.01. The summed E-state index contributed by atoms with van der Waals surface area (Å²) in [5.74, 6) is 0.588. The molecule has 1 amide bonds. The second-order valence-electron chi connectivity index (χ2n) is 6.21. The van der Waals surface area contributed by atoms with E-state index in [0.29, 0.717) is 24.3 Å². The Morgan fingerprint density at radius 1 is 1.21 bits per heavy atom. The maximum atomic E-state index is 12.1. The first-order chi connectivity index (χ1) is 11.6. The van der Waals surface area contributed by atoms with Crippen LogP contribution in [0.15, 0.2) is 35.9 Å². The highest BCUT2D eigenvalue weighted by atomic mass is 16.5. The number of rotatable bonds is 8. The van der Waals surface area contributed by atoms with Gasteiger partial charge in [0.15, 0.2) is 11.9 Å². The van der Waals surface area contributed by atoms with E-state index < -0.39 is 6.10 Å². The molecule has 0 aromatic heterocycles. The Bertz CT molecular complexity index is 589. The Kier molecular flexibility index (Phi) is 7.04. The fraction of sp³-hybridized carbons (Fsp3) is 0.500. The molecule has 2 rings (SSSR count). The largest absolute Gasteiger partial charge is 0.481 e. The molecule has 0 bridgehead atoms. The third-order valence-corrected chi connectivity index (χ3v) is 4.31. The van der Waals surface area contributed by atoms with Crippen LogP contribution in [0.1, 0.15) is 62.7 Å². The maximum absolute atomic E-state index is 12.1. The third kappa shape index (κ3) is 5.52. The van der Waals surface area contributed by atoms with Crippen LogP contribution in [0, 0.1) is 0 Å². The lowest BCUT2D eigenvalue weighted by molar-refractivity contribution is -0.127. The van der Waals surface area contributed by atoms with Crippen molar-refractivity contribution in [3.05, 3.63) is 41.5 Å². The zero-order valence-electron chi connectivity index (χ0n) is 14.6. The van der Waals surface area contributed by atoms with Crippen LogP contribution in [0.2, 0.25) is 0 Å². The summed E-state index contributed by atoms with van der Waals surface area (Å²) in [5, 5.41) is 2.93. The number of carbonyl (C=O) groups is 2. The number of hydrogen-bond acceptors (Lipinski definition) is 3. The quantitative estimate of drug-likeness (QED) is 0.578. The summed E-state index contributed by atoms with van der Waals surface area (Å²) >= 11 is 0. The summed E-state index contributed by atoms with van der Waals surface area (Å²) < 4.78 is 5.65. The SMILES string of the molecule is CCC(=O)c1ccc(O[C@H](C)C(=O)NCCC2=CCCCC2)cc1. The Morgan fingerprint density at radius 3 is 2.58 bits per heavy atom. The molecule has 24 heavy (non-hydrogen) atoms. The second kappa shape index (κ2) is 9.26. The Balaban J connectivity index is 1.76. The molecule has 4 heteroatoms. The molecule has 1 N–H and O–H groups in total. The smallest absolute Gasteiger partial charge is 0.260 e. The van der Waals surface area contributed by atoms with Crippen LogP contribution in [-0.4, -0.2) is 24.3 Å². The van der Waals surface area contributed by atoms with E-state index in [1.807, 2.05) is 6.92 Å². The van der Waals surface area contributed by atoms with Crippen LogP contribution in [0.5, 0.6) is 5.75 Å². The lowest BCUT2D eigenvalue weighted by Crippen LogP contribution is -2.37. The van der Waals surface area contributed by atoms with Crippen molar-refractivity contribution < 1.29 is 14.3 Å². The van der Waals surface area contributed by atoms with E-state index in [0.717, 1.165) is 12.8 Å². The van der Waals surface area contributed by atoms with Gasteiger partial charge in [0.25, 0.3) is 5.91 Å². The fourth-order valence-electron chi connectivity index (χ4n) is 2.80. The van der Waals surface area contributed by atoms with Crippen molar-refractivity contribution in [3.8, 4) is 5.75 Å². The fourth-order valence-corrected chi connectivity index (χ4v) is 2.80. The molecular formula is C20H27NO3. The van der Waals surface area contributed by atoms with Gasteiger partial charge < -0.3 is 10.1 Å². The number of hydrogen-bond donors (Lipinski definition) is 1. The van der Waals surface area contributed by atoms with Crippen molar-refractivity contribution in [2.24, 2.45) is 0 Å². The van der Waals surface area contributed by atoms with Crippen LogP contribution in [0.4, 0.5) is 0 Å². The van der Waals surface area contributed by atoms with Crippen molar-refractivity contribution in [1.82, 2.24) is 5.32 Å². The van der Waals surface area contributed by atoms with Crippen LogP contribution < -0.4 is 10.1 Å². The van der Waals surface area contributed by atoms with Gasteiger partial charge in [0.1, 0.15) is 5.75 Å². The van der Waals surface area contributed by atoms with Crippen LogP contribution in [-0.2, 0) is 4.79 Å². The highest BCUT2D eigenvalue weighted by molar-refractivity contribution is 5.95. The summed E-state index contributed by atoms with van der Waals surface area (Å²) in [7, 11) is 0. The molecule has 1 aliphatic rings. The number of amides is 1.